The third kappa shape index (κ3) is 3.43. The summed E-state index contributed by atoms with van der Waals surface area (Å²) in [5, 5.41) is 1.00. The zero-order valence-corrected chi connectivity index (χ0v) is 17.2. The molecule has 3 atom stereocenters. The Labute approximate surface area is 169 Å². The number of halogens is 1. The molecule has 3 heterocycles. The van der Waals surface area contributed by atoms with Crippen molar-refractivity contribution in [2.24, 2.45) is 11.8 Å². The van der Waals surface area contributed by atoms with E-state index in [1.807, 2.05) is 35.4 Å². The van der Waals surface area contributed by atoms with Gasteiger partial charge in [0.15, 0.2) is 0 Å². The van der Waals surface area contributed by atoms with Gasteiger partial charge < -0.3 is 14.7 Å². The second-order valence-electron chi connectivity index (χ2n) is 7.70. The largest absolute Gasteiger partial charge is 0.356 e. The van der Waals surface area contributed by atoms with Crippen molar-refractivity contribution >= 4 is 23.6 Å². The van der Waals surface area contributed by atoms with Gasteiger partial charge in [-0.25, -0.2) is 14.2 Å². The number of benzene rings is 1. The summed E-state index contributed by atoms with van der Waals surface area (Å²) in [6.07, 6.45) is 2.02. The normalized spacial score (nSPS) is 23.8. The predicted molar refractivity (Wildman–Crippen MR) is 110 cm³/mol. The number of rotatable bonds is 3. The van der Waals surface area contributed by atoms with E-state index < -0.39 is 0 Å². The standard InChI is InChI=1S/C21H25FN4OS/c1-24(2)21(27)26-12-15-11-25(18-8-5-9-19(23-18)28-3)13-17(15)20(26)14-6-4-7-16(22)10-14/h4-10,15,17,20H,11-13H2,1-3H3/t15-,17-,20-/m1/s1. The van der Waals surface area contributed by atoms with Crippen LogP contribution in [0.25, 0.3) is 0 Å². The Morgan fingerprint density at radius 2 is 1.96 bits per heavy atom. The van der Waals surface area contributed by atoms with E-state index in [9.17, 15) is 9.18 Å². The molecule has 0 N–H and O–H groups in total. The number of carbonyl (C=O) groups excluding carboxylic acids is 1. The van der Waals surface area contributed by atoms with Gasteiger partial charge in [0, 0.05) is 45.6 Å². The van der Waals surface area contributed by atoms with Gasteiger partial charge in [-0.2, -0.15) is 0 Å². The lowest BCUT2D eigenvalue weighted by atomic mass is 9.89. The number of likely N-dealkylation sites (tertiary alicyclic amines) is 1. The number of hydrogen-bond acceptors (Lipinski definition) is 4. The van der Waals surface area contributed by atoms with Gasteiger partial charge in [-0.1, -0.05) is 18.2 Å². The molecular formula is C21H25FN4OS. The lowest BCUT2D eigenvalue weighted by Gasteiger charge is -2.32. The van der Waals surface area contributed by atoms with Crippen LogP contribution in [0.15, 0.2) is 47.5 Å². The highest BCUT2D eigenvalue weighted by Crippen LogP contribution is 2.46. The fourth-order valence-corrected chi connectivity index (χ4v) is 4.90. The average Bonchev–Trinajstić information content (AvgIpc) is 3.25. The fraction of sp³-hybridized carbons (Fsp3) is 0.429. The van der Waals surface area contributed by atoms with E-state index in [-0.39, 0.29) is 23.8 Å². The molecule has 0 unspecified atom stereocenters. The SMILES string of the molecule is CSc1cccc(N2C[C@@H]3CN(C(=O)N(C)C)[C@H](c4cccc(F)c4)[C@@H]3C2)n1. The van der Waals surface area contributed by atoms with E-state index in [2.05, 4.69) is 4.90 Å². The van der Waals surface area contributed by atoms with Crippen LogP contribution >= 0.6 is 11.8 Å². The molecule has 0 radical (unpaired) electrons. The highest BCUT2D eigenvalue weighted by molar-refractivity contribution is 7.98. The van der Waals surface area contributed by atoms with E-state index in [4.69, 9.17) is 4.98 Å². The van der Waals surface area contributed by atoms with Crippen molar-refractivity contribution in [3.8, 4) is 0 Å². The molecule has 28 heavy (non-hydrogen) atoms. The summed E-state index contributed by atoms with van der Waals surface area (Å²) in [4.78, 5) is 23.4. The molecule has 0 aliphatic carbocycles. The van der Waals surface area contributed by atoms with E-state index in [0.717, 1.165) is 29.5 Å². The molecular weight excluding hydrogens is 375 g/mol. The molecule has 0 bridgehead atoms. The zero-order chi connectivity index (χ0) is 19.8. The minimum atomic E-state index is -0.262. The van der Waals surface area contributed by atoms with Crippen molar-refractivity contribution in [2.75, 3.05) is 44.9 Å². The maximum absolute atomic E-state index is 13.9. The summed E-state index contributed by atoms with van der Waals surface area (Å²) in [5.74, 6) is 1.31. The Balaban J connectivity index is 1.64. The van der Waals surface area contributed by atoms with Gasteiger partial charge in [0.05, 0.1) is 11.1 Å². The summed E-state index contributed by atoms with van der Waals surface area (Å²) < 4.78 is 13.9. The maximum atomic E-state index is 13.9. The van der Waals surface area contributed by atoms with Crippen molar-refractivity contribution in [3.05, 3.63) is 53.8 Å². The molecule has 2 aliphatic heterocycles. The molecule has 1 aromatic carbocycles. The number of urea groups is 1. The minimum Gasteiger partial charge on any atom is -0.356 e. The molecule has 2 aromatic rings. The average molecular weight is 401 g/mol. The van der Waals surface area contributed by atoms with Gasteiger partial charge >= 0.3 is 6.03 Å². The van der Waals surface area contributed by atoms with Gasteiger partial charge in [0.1, 0.15) is 11.6 Å². The van der Waals surface area contributed by atoms with Gasteiger partial charge in [-0.05, 0) is 36.1 Å². The second-order valence-corrected chi connectivity index (χ2v) is 8.52. The first-order chi connectivity index (χ1) is 13.5. The Bertz CT molecular complexity index is 877. The monoisotopic (exact) mass is 400 g/mol. The number of anilines is 1. The second kappa shape index (κ2) is 7.62. The number of carbonyl (C=O) groups is 1. The fourth-order valence-electron chi connectivity index (χ4n) is 4.50. The number of thioether (sulfide) groups is 1. The highest BCUT2D eigenvalue weighted by Gasteiger charge is 2.49. The molecule has 2 saturated heterocycles. The summed E-state index contributed by atoms with van der Waals surface area (Å²) in [7, 11) is 3.53. The number of aromatic nitrogens is 1. The van der Waals surface area contributed by atoms with Crippen LogP contribution in [-0.4, -0.2) is 60.8 Å². The van der Waals surface area contributed by atoms with Crippen molar-refractivity contribution < 1.29 is 9.18 Å². The summed E-state index contributed by atoms with van der Waals surface area (Å²) >= 11 is 1.63. The molecule has 0 saturated carbocycles. The zero-order valence-electron chi connectivity index (χ0n) is 16.4. The van der Waals surface area contributed by atoms with Crippen molar-refractivity contribution in [3.63, 3.8) is 0 Å². The van der Waals surface area contributed by atoms with Crippen molar-refractivity contribution in [1.29, 1.82) is 0 Å². The van der Waals surface area contributed by atoms with Gasteiger partial charge in [0.2, 0.25) is 0 Å². The Morgan fingerprint density at radius 3 is 2.68 bits per heavy atom. The Hall–Kier alpha value is -2.28. The predicted octanol–water partition coefficient (Wildman–Crippen LogP) is 3.73. The first-order valence-corrected chi connectivity index (χ1v) is 10.7. The van der Waals surface area contributed by atoms with Gasteiger partial charge in [-0.15, -0.1) is 11.8 Å². The molecule has 5 nitrogen and oxygen atoms in total. The quantitative estimate of drug-likeness (QED) is 0.736. The summed E-state index contributed by atoms with van der Waals surface area (Å²) in [5.41, 5.74) is 0.871. The van der Waals surface area contributed by atoms with Crippen LogP contribution in [0.2, 0.25) is 0 Å². The van der Waals surface area contributed by atoms with E-state index in [1.54, 1.807) is 42.9 Å². The number of pyridine rings is 1. The van der Waals surface area contributed by atoms with Gasteiger partial charge in [-0.3, -0.25) is 0 Å². The Kier molecular flexibility index (Phi) is 5.19. The van der Waals surface area contributed by atoms with Crippen LogP contribution in [0, 0.1) is 17.7 Å². The molecule has 4 rings (SSSR count). The third-order valence-corrected chi connectivity index (χ3v) is 6.37. The maximum Gasteiger partial charge on any atom is 0.320 e. The van der Waals surface area contributed by atoms with Crippen LogP contribution < -0.4 is 4.90 Å². The molecule has 2 fully saturated rings. The molecule has 148 valence electrons. The van der Waals surface area contributed by atoms with Crippen LogP contribution in [0.5, 0.6) is 0 Å². The van der Waals surface area contributed by atoms with E-state index >= 15 is 0 Å². The molecule has 0 spiro atoms. The van der Waals surface area contributed by atoms with E-state index in [0.29, 0.717) is 12.5 Å². The summed E-state index contributed by atoms with van der Waals surface area (Å²) in [6, 6.07) is 12.6. The molecule has 7 heteroatoms. The lowest BCUT2D eigenvalue weighted by Crippen LogP contribution is -2.41. The molecule has 1 aromatic heterocycles. The smallest absolute Gasteiger partial charge is 0.320 e. The molecule has 2 amide bonds. The van der Waals surface area contributed by atoms with Crippen LogP contribution in [0.1, 0.15) is 11.6 Å². The first-order valence-electron chi connectivity index (χ1n) is 9.47. The highest BCUT2D eigenvalue weighted by atomic mass is 32.2. The first kappa shape index (κ1) is 19.1. The number of hydrogen-bond donors (Lipinski definition) is 0. The van der Waals surface area contributed by atoms with Crippen molar-refractivity contribution in [1.82, 2.24) is 14.8 Å². The van der Waals surface area contributed by atoms with E-state index in [1.165, 1.54) is 6.07 Å². The number of fused-ring (bicyclic) bond motifs is 1. The van der Waals surface area contributed by atoms with Crippen LogP contribution in [0.3, 0.4) is 0 Å². The number of amides is 2. The topological polar surface area (TPSA) is 39.7 Å². The third-order valence-electron chi connectivity index (χ3n) is 5.72. The Morgan fingerprint density at radius 1 is 1.18 bits per heavy atom. The van der Waals surface area contributed by atoms with Crippen molar-refractivity contribution in [2.45, 2.75) is 11.1 Å². The van der Waals surface area contributed by atoms with Crippen LogP contribution in [0.4, 0.5) is 15.0 Å². The van der Waals surface area contributed by atoms with Gasteiger partial charge in [0.25, 0.3) is 0 Å². The summed E-state index contributed by atoms with van der Waals surface area (Å²) in [6.45, 7) is 2.36. The number of nitrogens with zero attached hydrogens (tertiary/aromatic N) is 4. The minimum absolute atomic E-state index is 0.0160. The lowest BCUT2D eigenvalue weighted by molar-refractivity contribution is 0.159. The van der Waals surface area contributed by atoms with Crippen LogP contribution in [-0.2, 0) is 0 Å². The molecule has 2 aliphatic rings.